The van der Waals surface area contributed by atoms with Crippen LogP contribution in [0.25, 0.3) is 5.69 Å². The molecule has 0 unspecified atom stereocenters. The summed E-state index contributed by atoms with van der Waals surface area (Å²) in [6.45, 7) is 1.90. The van der Waals surface area contributed by atoms with E-state index < -0.39 is 0 Å². The SMILES string of the molecule is COc1ccc(C2(CNC(=O)c3cnc(SC)n3-c3ccccc3)CCOCC2)cc1. The molecular formula is C24H27N3O3S. The number of aromatic nitrogens is 2. The van der Waals surface area contributed by atoms with Crippen LogP contribution in [0.2, 0.25) is 0 Å². The predicted molar refractivity (Wildman–Crippen MR) is 122 cm³/mol. The zero-order valence-corrected chi connectivity index (χ0v) is 18.7. The van der Waals surface area contributed by atoms with Crippen molar-refractivity contribution < 1.29 is 14.3 Å². The van der Waals surface area contributed by atoms with Gasteiger partial charge in [0.15, 0.2) is 5.16 Å². The molecule has 2 aromatic carbocycles. The molecule has 0 aliphatic carbocycles. The summed E-state index contributed by atoms with van der Waals surface area (Å²) in [4.78, 5) is 17.7. The van der Waals surface area contributed by atoms with Crippen molar-refractivity contribution in [3.63, 3.8) is 0 Å². The summed E-state index contributed by atoms with van der Waals surface area (Å²) in [6, 6.07) is 18.0. The van der Waals surface area contributed by atoms with Gasteiger partial charge in [-0.05, 0) is 48.9 Å². The molecule has 0 spiro atoms. The van der Waals surface area contributed by atoms with Gasteiger partial charge in [-0.2, -0.15) is 0 Å². The second-order valence-electron chi connectivity index (χ2n) is 7.60. The van der Waals surface area contributed by atoms with Crippen LogP contribution >= 0.6 is 11.8 Å². The third-order valence-corrected chi connectivity index (χ3v) is 6.55. The van der Waals surface area contributed by atoms with Gasteiger partial charge in [0.25, 0.3) is 5.91 Å². The number of thioether (sulfide) groups is 1. The maximum atomic E-state index is 13.3. The highest BCUT2D eigenvalue weighted by Crippen LogP contribution is 2.35. The molecule has 1 fully saturated rings. The monoisotopic (exact) mass is 437 g/mol. The molecule has 0 bridgehead atoms. The van der Waals surface area contributed by atoms with Gasteiger partial charge in [0.05, 0.1) is 13.3 Å². The number of imidazole rings is 1. The van der Waals surface area contributed by atoms with Crippen LogP contribution in [0, 0.1) is 0 Å². The normalized spacial score (nSPS) is 15.4. The number of rotatable bonds is 7. The molecule has 1 aliphatic heterocycles. The van der Waals surface area contributed by atoms with Crippen LogP contribution in [0.5, 0.6) is 5.75 Å². The van der Waals surface area contributed by atoms with Gasteiger partial charge in [0, 0.05) is 30.9 Å². The van der Waals surface area contributed by atoms with E-state index in [0.717, 1.165) is 29.4 Å². The van der Waals surface area contributed by atoms with Crippen molar-refractivity contribution in [2.24, 2.45) is 0 Å². The Morgan fingerprint density at radius 3 is 2.52 bits per heavy atom. The fraction of sp³-hybridized carbons (Fsp3) is 0.333. The third kappa shape index (κ3) is 4.48. The molecule has 4 rings (SSSR count). The predicted octanol–water partition coefficient (Wildman–Crippen LogP) is 4.08. The number of hydrogen-bond acceptors (Lipinski definition) is 5. The van der Waals surface area contributed by atoms with Crippen LogP contribution in [0.4, 0.5) is 0 Å². The van der Waals surface area contributed by atoms with Crippen molar-refractivity contribution in [2.45, 2.75) is 23.4 Å². The topological polar surface area (TPSA) is 65.4 Å². The van der Waals surface area contributed by atoms with Gasteiger partial charge in [0.1, 0.15) is 11.4 Å². The minimum absolute atomic E-state index is 0.129. The molecule has 7 heteroatoms. The van der Waals surface area contributed by atoms with E-state index in [1.807, 2.05) is 53.3 Å². The minimum atomic E-state index is -0.167. The maximum Gasteiger partial charge on any atom is 0.269 e. The number of benzene rings is 2. The number of methoxy groups -OCH3 is 1. The third-order valence-electron chi connectivity index (χ3n) is 5.90. The molecule has 1 saturated heterocycles. The Bertz CT molecular complexity index is 1010. The Kier molecular flexibility index (Phi) is 6.63. The van der Waals surface area contributed by atoms with Crippen molar-refractivity contribution in [3.05, 3.63) is 72.1 Å². The van der Waals surface area contributed by atoms with Gasteiger partial charge in [-0.3, -0.25) is 9.36 Å². The Labute approximate surface area is 187 Å². The van der Waals surface area contributed by atoms with Gasteiger partial charge in [-0.15, -0.1) is 0 Å². The second kappa shape index (κ2) is 9.58. The molecule has 1 aliphatic rings. The fourth-order valence-corrected chi connectivity index (χ4v) is 4.62. The van der Waals surface area contributed by atoms with E-state index in [-0.39, 0.29) is 11.3 Å². The molecule has 2 heterocycles. The smallest absolute Gasteiger partial charge is 0.269 e. The molecule has 0 radical (unpaired) electrons. The molecular weight excluding hydrogens is 410 g/mol. The maximum absolute atomic E-state index is 13.3. The number of hydrogen-bond donors (Lipinski definition) is 1. The summed E-state index contributed by atoms with van der Waals surface area (Å²) in [5, 5.41) is 3.97. The lowest BCUT2D eigenvalue weighted by atomic mass is 9.74. The molecule has 6 nitrogen and oxygen atoms in total. The van der Waals surface area contributed by atoms with E-state index in [9.17, 15) is 4.79 Å². The molecule has 3 aromatic rings. The zero-order chi connectivity index (χ0) is 21.7. The molecule has 31 heavy (non-hydrogen) atoms. The number of amides is 1. The first-order valence-corrected chi connectivity index (χ1v) is 11.6. The zero-order valence-electron chi connectivity index (χ0n) is 17.8. The fourth-order valence-electron chi connectivity index (χ4n) is 4.08. The van der Waals surface area contributed by atoms with E-state index in [2.05, 4.69) is 22.4 Å². The van der Waals surface area contributed by atoms with Gasteiger partial charge in [-0.1, -0.05) is 42.1 Å². The highest BCUT2D eigenvalue weighted by molar-refractivity contribution is 7.98. The lowest BCUT2D eigenvalue weighted by Gasteiger charge is -2.38. The number of para-hydroxylation sites is 1. The van der Waals surface area contributed by atoms with Crippen LogP contribution < -0.4 is 10.1 Å². The first-order valence-electron chi connectivity index (χ1n) is 10.3. The van der Waals surface area contributed by atoms with Gasteiger partial charge in [-0.25, -0.2) is 4.98 Å². The highest BCUT2D eigenvalue weighted by Gasteiger charge is 2.35. The summed E-state index contributed by atoms with van der Waals surface area (Å²) >= 11 is 1.52. The van der Waals surface area contributed by atoms with E-state index in [0.29, 0.717) is 25.5 Å². The average Bonchev–Trinajstić information content (AvgIpc) is 3.28. The quantitative estimate of drug-likeness (QED) is 0.564. The number of carbonyl (C=O) groups is 1. The van der Waals surface area contributed by atoms with Gasteiger partial charge in [0.2, 0.25) is 0 Å². The Morgan fingerprint density at radius 1 is 1.16 bits per heavy atom. The molecule has 0 saturated carbocycles. The Morgan fingerprint density at radius 2 is 1.87 bits per heavy atom. The lowest BCUT2D eigenvalue weighted by Crippen LogP contribution is -2.44. The first kappa shape index (κ1) is 21.5. The largest absolute Gasteiger partial charge is 0.497 e. The highest BCUT2D eigenvalue weighted by atomic mass is 32.2. The summed E-state index contributed by atoms with van der Waals surface area (Å²) in [5.41, 5.74) is 2.48. The standard InChI is InChI=1S/C24H27N3O3S/c1-29-20-10-8-18(9-11-20)24(12-14-30-15-13-24)17-26-22(28)21-16-25-23(31-2)27(21)19-6-4-3-5-7-19/h3-11,16H,12-15,17H2,1-2H3,(H,26,28). The van der Waals surface area contributed by atoms with E-state index in [4.69, 9.17) is 9.47 Å². The van der Waals surface area contributed by atoms with Gasteiger partial charge < -0.3 is 14.8 Å². The number of ether oxygens (including phenoxy) is 2. The van der Waals surface area contributed by atoms with Crippen LogP contribution in [-0.4, -0.2) is 48.6 Å². The summed E-state index contributed by atoms with van der Waals surface area (Å²) in [5.74, 6) is 0.697. The summed E-state index contributed by atoms with van der Waals surface area (Å²) in [6.07, 6.45) is 5.32. The van der Waals surface area contributed by atoms with Crippen molar-refractivity contribution in [1.82, 2.24) is 14.9 Å². The van der Waals surface area contributed by atoms with E-state index >= 15 is 0 Å². The number of nitrogens with one attached hydrogen (secondary N) is 1. The molecule has 0 atom stereocenters. The van der Waals surface area contributed by atoms with Crippen molar-refractivity contribution in [1.29, 1.82) is 0 Å². The van der Waals surface area contributed by atoms with Crippen molar-refractivity contribution in [2.75, 3.05) is 33.1 Å². The Balaban J connectivity index is 1.58. The van der Waals surface area contributed by atoms with Crippen LogP contribution in [0.3, 0.4) is 0 Å². The van der Waals surface area contributed by atoms with Crippen molar-refractivity contribution >= 4 is 17.7 Å². The van der Waals surface area contributed by atoms with Crippen molar-refractivity contribution in [3.8, 4) is 11.4 Å². The Hall–Kier alpha value is -2.77. The van der Waals surface area contributed by atoms with Crippen LogP contribution in [-0.2, 0) is 10.2 Å². The molecule has 162 valence electrons. The summed E-state index contributed by atoms with van der Waals surface area (Å²) in [7, 11) is 1.66. The molecule has 1 N–H and O–H groups in total. The first-order chi connectivity index (χ1) is 15.2. The van der Waals surface area contributed by atoms with Crippen LogP contribution in [0.1, 0.15) is 28.9 Å². The van der Waals surface area contributed by atoms with E-state index in [1.54, 1.807) is 13.3 Å². The lowest BCUT2D eigenvalue weighted by molar-refractivity contribution is 0.0486. The van der Waals surface area contributed by atoms with Gasteiger partial charge >= 0.3 is 0 Å². The molecule has 1 aromatic heterocycles. The average molecular weight is 438 g/mol. The minimum Gasteiger partial charge on any atom is -0.497 e. The second-order valence-corrected chi connectivity index (χ2v) is 8.38. The molecule has 1 amide bonds. The van der Waals surface area contributed by atoms with Crippen LogP contribution in [0.15, 0.2) is 66.0 Å². The summed E-state index contributed by atoms with van der Waals surface area (Å²) < 4.78 is 12.8. The number of nitrogens with zero attached hydrogens (tertiary/aromatic N) is 2. The van der Waals surface area contributed by atoms with E-state index in [1.165, 1.54) is 17.3 Å². The number of carbonyl (C=O) groups excluding carboxylic acids is 1.